The van der Waals surface area contributed by atoms with Crippen LogP contribution in [0.15, 0.2) is 34.9 Å². The zero-order chi connectivity index (χ0) is 25.0. The molecule has 0 amide bonds. The van der Waals surface area contributed by atoms with E-state index in [1.807, 2.05) is 32.9 Å². The maximum Gasteiger partial charge on any atom is 0.334 e. The van der Waals surface area contributed by atoms with Gasteiger partial charge in [-0.15, -0.1) is 0 Å². The summed E-state index contributed by atoms with van der Waals surface area (Å²) in [6.45, 7) is 15.8. The number of esters is 1. The van der Waals surface area contributed by atoms with Crippen molar-refractivity contribution in [1.82, 2.24) is 0 Å². The topological polar surface area (TPSA) is 82.1 Å². The molecule has 186 valence electrons. The molecule has 34 heavy (non-hydrogen) atoms. The van der Waals surface area contributed by atoms with Crippen LogP contribution in [0.3, 0.4) is 0 Å². The molecule has 2 saturated carbocycles. The molecule has 1 aliphatic heterocycles. The van der Waals surface area contributed by atoms with E-state index in [1.54, 1.807) is 19.9 Å². The quantitative estimate of drug-likeness (QED) is 0.371. The van der Waals surface area contributed by atoms with Crippen LogP contribution >= 0.6 is 0 Å². The molecule has 8 atom stereocenters. The number of rotatable bonds is 2. The standard InChI is InChI=1S/C28H38O6/c1-9-14(2)24(30)33-22-15(3)12-27-16(4)10-19-20(25(19,5)6)18(21(27)29)11-17-13-32-26(7,8)34-23(17)28(22,27)31/h9,11-12,16,18-20,22-23,31H,10,13H2,1-8H3. The van der Waals surface area contributed by atoms with E-state index >= 15 is 0 Å². The lowest BCUT2D eigenvalue weighted by molar-refractivity contribution is -0.303. The van der Waals surface area contributed by atoms with Crippen molar-refractivity contribution in [1.29, 1.82) is 0 Å². The van der Waals surface area contributed by atoms with Crippen LogP contribution < -0.4 is 0 Å². The summed E-state index contributed by atoms with van der Waals surface area (Å²) in [5.74, 6) is -1.30. The second-order valence-corrected chi connectivity index (χ2v) is 12.2. The summed E-state index contributed by atoms with van der Waals surface area (Å²) in [6, 6.07) is 0. The van der Waals surface area contributed by atoms with E-state index in [-0.39, 0.29) is 35.6 Å². The second-order valence-electron chi connectivity index (χ2n) is 12.2. The number of hydrogen-bond donors (Lipinski definition) is 1. The lowest BCUT2D eigenvalue weighted by Gasteiger charge is -2.52. The summed E-state index contributed by atoms with van der Waals surface area (Å²) < 4.78 is 18.4. The Kier molecular flexibility index (Phi) is 5.03. The van der Waals surface area contributed by atoms with E-state index in [2.05, 4.69) is 20.8 Å². The van der Waals surface area contributed by atoms with E-state index in [0.717, 1.165) is 12.0 Å². The summed E-state index contributed by atoms with van der Waals surface area (Å²) in [4.78, 5) is 27.5. The van der Waals surface area contributed by atoms with Gasteiger partial charge in [-0.2, -0.15) is 0 Å². The minimum atomic E-state index is -1.76. The van der Waals surface area contributed by atoms with Crippen LogP contribution in [0.1, 0.15) is 61.8 Å². The van der Waals surface area contributed by atoms with Crippen LogP contribution in [-0.4, -0.2) is 47.1 Å². The van der Waals surface area contributed by atoms with E-state index in [1.165, 1.54) is 0 Å². The van der Waals surface area contributed by atoms with Crippen molar-refractivity contribution >= 4 is 11.8 Å². The van der Waals surface area contributed by atoms with E-state index in [9.17, 15) is 14.7 Å². The Morgan fingerprint density at radius 2 is 1.94 bits per heavy atom. The zero-order valence-electron chi connectivity index (χ0n) is 21.6. The Balaban J connectivity index is 1.72. The number of carbonyl (C=O) groups excluding carboxylic acids is 2. The minimum absolute atomic E-state index is 0.0181. The number of aliphatic hydroxyl groups is 1. The van der Waals surface area contributed by atoms with Gasteiger partial charge < -0.3 is 19.3 Å². The van der Waals surface area contributed by atoms with Gasteiger partial charge in [-0.05, 0) is 75.4 Å². The molecule has 0 radical (unpaired) electrons. The van der Waals surface area contributed by atoms with Crippen LogP contribution in [0.5, 0.6) is 0 Å². The number of fused-ring (bicyclic) bond motifs is 5. The molecule has 1 saturated heterocycles. The fourth-order valence-electron chi connectivity index (χ4n) is 7.62. The van der Waals surface area contributed by atoms with Gasteiger partial charge in [0.05, 0.1) is 12.0 Å². The van der Waals surface area contributed by atoms with Crippen molar-refractivity contribution in [3.8, 4) is 0 Å². The number of hydrogen-bond acceptors (Lipinski definition) is 6. The van der Waals surface area contributed by atoms with Gasteiger partial charge in [0.1, 0.15) is 6.10 Å². The van der Waals surface area contributed by atoms with Crippen LogP contribution in [0.25, 0.3) is 0 Å². The zero-order valence-corrected chi connectivity index (χ0v) is 21.6. The van der Waals surface area contributed by atoms with Crippen LogP contribution in [-0.2, 0) is 23.8 Å². The van der Waals surface area contributed by atoms with Crippen molar-refractivity contribution in [2.45, 2.75) is 85.4 Å². The Bertz CT molecular complexity index is 1050. The molecule has 6 heteroatoms. The Morgan fingerprint density at radius 1 is 1.26 bits per heavy atom. The largest absolute Gasteiger partial charge is 0.451 e. The van der Waals surface area contributed by atoms with Crippen LogP contribution in [0, 0.1) is 34.5 Å². The third-order valence-corrected chi connectivity index (χ3v) is 9.65. The van der Waals surface area contributed by atoms with Crippen LogP contribution in [0.2, 0.25) is 0 Å². The Hall–Kier alpha value is -1.76. The molecule has 8 unspecified atom stereocenters. The highest BCUT2D eigenvalue weighted by atomic mass is 16.7. The molecule has 1 heterocycles. The highest BCUT2D eigenvalue weighted by Crippen LogP contribution is 2.72. The molecule has 3 fully saturated rings. The van der Waals surface area contributed by atoms with Crippen molar-refractivity contribution in [3.05, 3.63) is 34.9 Å². The van der Waals surface area contributed by atoms with Gasteiger partial charge in [-0.3, -0.25) is 4.79 Å². The molecule has 5 rings (SSSR count). The van der Waals surface area contributed by atoms with Gasteiger partial charge in [-0.25, -0.2) is 4.79 Å². The number of ketones is 1. The lowest BCUT2D eigenvalue weighted by atomic mass is 9.59. The molecule has 1 spiro atoms. The Morgan fingerprint density at radius 3 is 2.59 bits per heavy atom. The molecule has 4 aliphatic carbocycles. The first-order valence-electron chi connectivity index (χ1n) is 12.5. The fraction of sp³-hybridized carbons (Fsp3) is 0.714. The van der Waals surface area contributed by atoms with E-state index in [4.69, 9.17) is 14.2 Å². The molecule has 0 aromatic carbocycles. The first-order valence-corrected chi connectivity index (χ1v) is 12.5. The summed E-state index contributed by atoms with van der Waals surface area (Å²) in [7, 11) is 0. The van der Waals surface area contributed by atoms with Crippen LogP contribution in [0.4, 0.5) is 0 Å². The first kappa shape index (κ1) is 24.0. The molecular formula is C28H38O6. The normalized spacial score (nSPS) is 46.1. The average molecular weight is 471 g/mol. The summed E-state index contributed by atoms with van der Waals surface area (Å²) in [6.07, 6.45) is 4.62. The van der Waals surface area contributed by atoms with Gasteiger partial charge in [0.2, 0.25) is 0 Å². The second kappa shape index (κ2) is 7.14. The lowest BCUT2D eigenvalue weighted by Crippen LogP contribution is -2.68. The monoisotopic (exact) mass is 470 g/mol. The Labute approximate surface area is 202 Å². The van der Waals surface area contributed by atoms with Crippen molar-refractivity contribution in [2.24, 2.45) is 34.5 Å². The maximum atomic E-state index is 14.6. The van der Waals surface area contributed by atoms with Crippen molar-refractivity contribution in [2.75, 3.05) is 6.61 Å². The van der Waals surface area contributed by atoms with Gasteiger partial charge in [0, 0.05) is 11.5 Å². The van der Waals surface area contributed by atoms with Gasteiger partial charge in [-0.1, -0.05) is 39.0 Å². The van der Waals surface area contributed by atoms with Gasteiger partial charge in [0.25, 0.3) is 0 Å². The predicted octanol–water partition coefficient (Wildman–Crippen LogP) is 4.13. The van der Waals surface area contributed by atoms with Gasteiger partial charge in [0.15, 0.2) is 23.3 Å². The van der Waals surface area contributed by atoms with Gasteiger partial charge >= 0.3 is 5.97 Å². The number of allylic oxidation sites excluding steroid dienone is 2. The predicted molar refractivity (Wildman–Crippen MR) is 126 cm³/mol. The van der Waals surface area contributed by atoms with Crippen molar-refractivity contribution < 1.29 is 28.9 Å². The maximum absolute atomic E-state index is 14.6. The highest BCUT2D eigenvalue weighted by molar-refractivity contribution is 5.96. The number of Topliss-reactive ketones (excluding diaryl/α,β-unsaturated/α-hetero) is 1. The third-order valence-electron chi connectivity index (χ3n) is 9.65. The molecule has 5 aliphatic rings. The summed E-state index contributed by atoms with van der Waals surface area (Å²) in [5, 5.41) is 12.9. The van der Waals surface area contributed by atoms with Crippen molar-refractivity contribution in [3.63, 3.8) is 0 Å². The van der Waals surface area contributed by atoms with E-state index < -0.39 is 35.0 Å². The average Bonchev–Trinajstić information content (AvgIpc) is 3.25. The summed E-state index contributed by atoms with van der Waals surface area (Å²) >= 11 is 0. The third kappa shape index (κ3) is 2.85. The van der Waals surface area contributed by atoms with E-state index in [0.29, 0.717) is 17.1 Å². The first-order chi connectivity index (χ1) is 15.7. The molecule has 6 nitrogen and oxygen atoms in total. The smallest absolute Gasteiger partial charge is 0.334 e. The molecule has 2 bridgehead atoms. The molecule has 1 N–H and O–H groups in total. The molecule has 0 aromatic heterocycles. The summed E-state index contributed by atoms with van der Waals surface area (Å²) in [5.41, 5.74) is -0.994. The number of carbonyl (C=O) groups is 2. The highest BCUT2D eigenvalue weighted by Gasteiger charge is 2.77. The SMILES string of the molecule is CC=C(C)C(=O)OC1C(C)=CC23C(=O)C(C=C4COC(C)(C)OC4C12O)C1C(CC3C)C1(C)C. The molecular weight excluding hydrogens is 432 g/mol. The fourth-order valence-corrected chi connectivity index (χ4v) is 7.62. The molecule has 0 aromatic rings. The minimum Gasteiger partial charge on any atom is -0.451 e. The number of ether oxygens (including phenoxy) is 3.